The Kier molecular flexibility index (Phi) is 3.96. The van der Waals surface area contributed by atoms with Crippen molar-refractivity contribution >= 4 is 22.6 Å². The van der Waals surface area contributed by atoms with Crippen LogP contribution in [0.5, 0.6) is 0 Å². The standard InChI is InChI=1S/C19H16FN5O/c1-25-11-12(10-21-25)9-17(26)22-14-7-5-13(6-8-14)19-23-16-4-2-3-15(20)18(16)24-19/h2-8,10-11H,9H2,1H3,(H,22,26)(H,23,24). The number of H-pyrrole nitrogens is 1. The molecule has 7 heteroatoms. The zero-order valence-corrected chi connectivity index (χ0v) is 14.0. The van der Waals surface area contributed by atoms with Crippen molar-refractivity contribution in [3.05, 3.63) is 66.2 Å². The van der Waals surface area contributed by atoms with E-state index >= 15 is 0 Å². The lowest BCUT2D eigenvalue weighted by Crippen LogP contribution is -2.13. The molecule has 4 rings (SSSR count). The molecular formula is C19H16FN5O. The van der Waals surface area contributed by atoms with Crippen LogP contribution in [0.15, 0.2) is 54.9 Å². The van der Waals surface area contributed by atoms with Crippen molar-refractivity contribution in [3.63, 3.8) is 0 Å². The SMILES string of the molecule is Cn1cc(CC(=O)Nc2ccc(-c3nc4c(F)cccc4[nH]3)cc2)cn1. The summed E-state index contributed by atoms with van der Waals surface area (Å²) in [5.41, 5.74) is 3.31. The van der Waals surface area contributed by atoms with Crippen molar-refractivity contribution in [2.45, 2.75) is 6.42 Å². The molecule has 4 aromatic rings. The number of aromatic amines is 1. The number of anilines is 1. The first-order chi connectivity index (χ1) is 12.6. The molecule has 0 atom stereocenters. The van der Waals surface area contributed by atoms with Crippen LogP contribution in [0.1, 0.15) is 5.56 Å². The molecular weight excluding hydrogens is 333 g/mol. The van der Waals surface area contributed by atoms with Crippen LogP contribution < -0.4 is 5.32 Å². The fourth-order valence-electron chi connectivity index (χ4n) is 2.80. The van der Waals surface area contributed by atoms with Gasteiger partial charge in [-0.1, -0.05) is 6.07 Å². The fraction of sp³-hybridized carbons (Fsp3) is 0.105. The molecule has 2 heterocycles. The highest BCUT2D eigenvalue weighted by molar-refractivity contribution is 5.92. The van der Waals surface area contributed by atoms with Crippen LogP contribution in [0.3, 0.4) is 0 Å². The average Bonchev–Trinajstić information content (AvgIpc) is 3.22. The number of imidazole rings is 1. The highest BCUT2D eigenvalue weighted by Gasteiger charge is 2.10. The van der Waals surface area contributed by atoms with Gasteiger partial charge in [-0.25, -0.2) is 9.37 Å². The number of para-hydroxylation sites is 1. The zero-order valence-electron chi connectivity index (χ0n) is 14.0. The number of aryl methyl sites for hydroxylation is 1. The van der Waals surface area contributed by atoms with Gasteiger partial charge in [-0.05, 0) is 42.0 Å². The minimum Gasteiger partial charge on any atom is -0.338 e. The lowest BCUT2D eigenvalue weighted by atomic mass is 10.2. The van der Waals surface area contributed by atoms with Gasteiger partial charge in [-0.2, -0.15) is 5.10 Å². The lowest BCUT2D eigenvalue weighted by molar-refractivity contribution is -0.115. The van der Waals surface area contributed by atoms with E-state index in [-0.39, 0.29) is 18.1 Å². The van der Waals surface area contributed by atoms with Gasteiger partial charge in [-0.3, -0.25) is 9.48 Å². The van der Waals surface area contributed by atoms with Crippen molar-refractivity contribution < 1.29 is 9.18 Å². The minimum atomic E-state index is -0.357. The molecule has 2 N–H and O–H groups in total. The van der Waals surface area contributed by atoms with Crippen LogP contribution in [0.4, 0.5) is 10.1 Å². The maximum atomic E-state index is 13.8. The third-order valence-electron chi connectivity index (χ3n) is 4.03. The van der Waals surface area contributed by atoms with Gasteiger partial charge in [0.1, 0.15) is 11.3 Å². The van der Waals surface area contributed by atoms with Gasteiger partial charge >= 0.3 is 0 Å². The summed E-state index contributed by atoms with van der Waals surface area (Å²) in [5.74, 6) is 0.110. The van der Waals surface area contributed by atoms with E-state index in [4.69, 9.17) is 0 Å². The van der Waals surface area contributed by atoms with E-state index in [2.05, 4.69) is 20.4 Å². The summed E-state index contributed by atoms with van der Waals surface area (Å²) in [5, 5.41) is 6.89. The maximum absolute atomic E-state index is 13.8. The van der Waals surface area contributed by atoms with Gasteiger partial charge in [0.25, 0.3) is 0 Å². The summed E-state index contributed by atoms with van der Waals surface area (Å²) in [4.78, 5) is 19.5. The molecule has 0 bridgehead atoms. The number of aromatic nitrogens is 4. The van der Waals surface area contributed by atoms with Crippen LogP contribution in [0.25, 0.3) is 22.4 Å². The smallest absolute Gasteiger partial charge is 0.228 e. The summed E-state index contributed by atoms with van der Waals surface area (Å²) in [6.45, 7) is 0. The molecule has 26 heavy (non-hydrogen) atoms. The number of halogens is 1. The second kappa shape index (κ2) is 6.44. The Morgan fingerprint density at radius 3 is 2.73 bits per heavy atom. The molecule has 130 valence electrons. The van der Waals surface area contributed by atoms with Crippen LogP contribution in [0, 0.1) is 5.82 Å². The van der Waals surface area contributed by atoms with E-state index in [1.807, 2.05) is 25.4 Å². The summed E-state index contributed by atoms with van der Waals surface area (Å²) in [6, 6.07) is 12.0. The molecule has 0 spiro atoms. The first-order valence-electron chi connectivity index (χ1n) is 8.10. The van der Waals surface area contributed by atoms with E-state index in [1.54, 1.807) is 35.1 Å². The molecule has 0 saturated carbocycles. The number of benzene rings is 2. The number of carbonyl (C=O) groups is 1. The number of hydrogen-bond acceptors (Lipinski definition) is 3. The van der Waals surface area contributed by atoms with Gasteiger partial charge in [0.2, 0.25) is 5.91 Å². The van der Waals surface area contributed by atoms with Gasteiger partial charge in [0.15, 0.2) is 5.82 Å². The van der Waals surface area contributed by atoms with Crippen LogP contribution in [-0.2, 0) is 18.3 Å². The van der Waals surface area contributed by atoms with E-state index in [0.29, 0.717) is 22.5 Å². The Bertz CT molecular complexity index is 1080. The Labute approximate surface area is 148 Å². The number of hydrogen-bond donors (Lipinski definition) is 2. The molecule has 0 fully saturated rings. The fourth-order valence-corrected chi connectivity index (χ4v) is 2.80. The second-order valence-corrected chi connectivity index (χ2v) is 6.05. The molecule has 2 aromatic heterocycles. The van der Waals surface area contributed by atoms with Gasteiger partial charge < -0.3 is 10.3 Å². The highest BCUT2D eigenvalue weighted by atomic mass is 19.1. The monoisotopic (exact) mass is 349 g/mol. The van der Waals surface area contributed by atoms with E-state index in [9.17, 15) is 9.18 Å². The van der Waals surface area contributed by atoms with Gasteiger partial charge in [0.05, 0.1) is 18.1 Å². The van der Waals surface area contributed by atoms with E-state index in [1.165, 1.54) is 6.07 Å². The third-order valence-corrected chi connectivity index (χ3v) is 4.03. The quantitative estimate of drug-likeness (QED) is 0.594. The van der Waals surface area contributed by atoms with E-state index in [0.717, 1.165) is 11.1 Å². The van der Waals surface area contributed by atoms with Crippen molar-refractivity contribution in [2.24, 2.45) is 7.05 Å². The largest absolute Gasteiger partial charge is 0.338 e. The average molecular weight is 349 g/mol. The molecule has 2 aromatic carbocycles. The maximum Gasteiger partial charge on any atom is 0.228 e. The van der Waals surface area contributed by atoms with Crippen molar-refractivity contribution in [1.82, 2.24) is 19.7 Å². The number of nitrogens with zero attached hydrogens (tertiary/aromatic N) is 3. The van der Waals surface area contributed by atoms with Crippen LogP contribution in [-0.4, -0.2) is 25.7 Å². The van der Waals surface area contributed by atoms with Crippen molar-refractivity contribution in [1.29, 1.82) is 0 Å². The number of fused-ring (bicyclic) bond motifs is 1. The van der Waals surface area contributed by atoms with Crippen LogP contribution >= 0.6 is 0 Å². The first-order valence-corrected chi connectivity index (χ1v) is 8.10. The summed E-state index contributed by atoms with van der Waals surface area (Å²) >= 11 is 0. The molecule has 0 aliphatic carbocycles. The lowest BCUT2D eigenvalue weighted by Gasteiger charge is -2.05. The molecule has 6 nitrogen and oxygen atoms in total. The number of rotatable bonds is 4. The molecule has 0 saturated heterocycles. The highest BCUT2D eigenvalue weighted by Crippen LogP contribution is 2.23. The van der Waals surface area contributed by atoms with Crippen molar-refractivity contribution in [3.8, 4) is 11.4 Å². The molecule has 0 aliphatic heterocycles. The van der Waals surface area contributed by atoms with Crippen LogP contribution in [0.2, 0.25) is 0 Å². The Hall–Kier alpha value is -3.48. The summed E-state index contributed by atoms with van der Waals surface area (Å²) < 4.78 is 15.4. The van der Waals surface area contributed by atoms with Gasteiger partial charge in [-0.15, -0.1) is 0 Å². The minimum absolute atomic E-state index is 0.114. The topological polar surface area (TPSA) is 75.6 Å². The predicted octanol–water partition coefficient (Wildman–Crippen LogP) is 3.28. The summed E-state index contributed by atoms with van der Waals surface area (Å²) in [7, 11) is 1.81. The summed E-state index contributed by atoms with van der Waals surface area (Å²) in [6.07, 6.45) is 3.74. The predicted molar refractivity (Wildman–Crippen MR) is 97.0 cm³/mol. The van der Waals surface area contributed by atoms with Gasteiger partial charge in [0, 0.05) is 24.5 Å². The Morgan fingerprint density at radius 2 is 2.04 bits per heavy atom. The molecule has 0 unspecified atom stereocenters. The Balaban J connectivity index is 1.49. The van der Waals surface area contributed by atoms with Crippen molar-refractivity contribution in [2.75, 3.05) is 5.32 Å². The number of carbonyl (C=O) groups excluding carboxylic acids is 1. The number of amides is 1. The second-order valence-electron chi connectivity index (χ2n) is 6.05. The first kappa shape index (κ1) is 16.0. The molecule has 0 radical (unpaired) electrons. The molecule has 1 amide bonds. The normalized spacial score (nSPS) is 11.0. The van der Waals surface area contributed by atoms with E-state index < -0.39 is 0 Å². The zero-order chi connectivity index (χ0) is 18.1. The number of nitrogens with one attached hydrogen (secondary N) is 2. The third kappa shape index (κ3) is 3.19. The molecule has 0 aliphatic rings. The Morgan fingerprint density at radius 1 is 1.23 bits per heavy atom.